The Labute approximate surface area is 109 Å². The Bertz CT molecular complexity index is 419. The van der Waals surface area contributed by atoms with Crippen molar-refractivity contribution in [3.05, 3.63) is 21.9 Å². The minimum atomic E-state index is -0.596. The highest BCUT2D eigenvalue weighted by atomic mass is 79.9. The molecule has 3 nitrogen and oxygen atoms in total. The summed E-state index contributed by atoms with van der Waals surface area (Å²) in [6, 6.07) is 1.71. The molecule has 0 aliphatic carbocycles. The SMILES string of the molecule is COc1c(Br)cc(C(C)(C)CO)c(OC)c1F. The first-order valence-electron chi connectivity index (χ1n) is 5.10. The Morgan fingerprint density at radius 2 is 1.82 bits per heavy atom. The summed E-state index contributed by atoms with van der Waals surface area (Å²) in [4.78, 5) is 0. The summed E-state index contributed by atoms with van der Waals surface area (Å²) >= 11 is 3.24. The molecule has 0 unspecified atom stereocenters. The van der Waals surface area contributed by atoms with Gasteiger partial charge in [-0.25, -0.2) is 0 Å². The van der Waals surface area contributed by atoms with Crippen molar-refractivity contribution in [3.8, 4) is 11.5 Å². The molecule has 0 saturated heterocycles. The Morgan fingerprint density at radius 1 is 1.29 bits per heavy atom. The molecule has 0 aliphatic rings. The minimum absolute atomic E-state index is 0.0966. The van der Waals surface area contributed by atoms with Crippen LogP contribution in [0.2, 0.25) is 0 Å². The molecule has 1 aromatic rings. The molecule has 5 heteroatoms. The fourth-order valence-corrected chi connectivity index (χ4v) is 2.12. The first-order chi connectivity index (χ1) is 7.88. The van der Waals surface area contributed by atoms with Crippen LogP contribution in [0, 0.1) is 5.82 Å². The highest BCUT2D eigenvalue weighted by Gasteiger charge is 2.29. The third-order valence-corrected chi connectivity index (χ3v) is 3.25. The number of aliphatic hydroxyl groups excluding tert-OH is 1. The van der Waals surface area contributed by atoms with Gasteiger partial charge in [0, 0.05) is 11.0 Å². The maximum atomic E-state index is 14.1. The molecule has 0 saturated carbocycles. The third kappa shape index (κ3) is 2.55. The van der Waals surface area contributed by atoms with Gasteiger partial charge in [-0.15, -0.1) is 0 Å². The number of aliphatic hydroxyl groups is 1. The van der Waals surface area contributed by atoms with Crippen molar-refractivity contribution >= 4 is 15.9 Å². The first-order valence-corrected chi connectivity index (χ1v) is 5.89. The van der Waals surface area contributed by atoms with E-state index in [0.29, 0.717) is 10.0 Å². The molecule has 0 amide bonds. The van der Waals surface area contributed by atoms with Crippen molar-refractivity contribution in [1.29, 1.82) is 0 Å². The van der Waals surface area contributed by atoms with Crippen LogP contribution in [0.4, 0.5) is 4.39 Å². The van der Waals surface area contributed by atoms with Crippen LogP contribution in [0.5, 0.6) is 11.5 Å². The van der Waals surface area contributed by atoms with Gasteiger partial charge in [-0.05, 0) is 22.0 Å². The first kappa shape index (κ1) is 14.3. The average molecular weight is 307 g/mol. The largest absolute Gasteiger partial charge is 0.493 e. The quantitative estimate of drug-likeness (QED) is 0.929. The Hall–Kier alpha value is -0.810. The zero-order chi connectivity index (χ0) is 13.2. The molecule has 17 heavy (non-hydrogen) atoms. The van der Waals surface area contributed by atoms with Crippen molar-refractivity contribution in [2.24, 2.45) is 0 Å². The van der Waals surface area contributed by atoms with Gasteiger partial charge in [-0.1, -0.05) is 13.8 Å². The second kappa shape index (κ2) is 5.23. The molecular formula is C12H16BrFO3. The van der Waals surface area contributed by atoms with Gasteiger partial charge >= 0.3 is 0 Å². The smallest absolute Gasteiger partial charge is 0.208 e. The van der Waals surface area contributed by atoms with E-state index in [9.17, 15) is 9.50 Å². The van der Waals surface area contributed by atoms with E-state index in [0.717, 1.165) is 0 Å². The zero-order valence-electron chi connectivity index (χ0n) is 10.3. The van der Waals surface area contributed by atoms with Gasteiger partial charge in [0.25, 0.3) is 0 Å². The topological polar surface area (TPSA) is 38.7 Å². The Kier molecular flexibility index (Phi) is 4.38. The van der Waals surface area contributed by atoms with Crippen LogP contribution in [0.3, 0.4) is 0 Å². The lowest BCUT2D eigenvalue weighted by atomic mass is 9.84. The molecule has 0 atom stereocenters. The second-order valence-corrected chi connectivity index (χ2v) is 5.18. The monoisotopic (exact) mass is 306 g/mol. The van der Waals surface area contributed by atoms with E-state index in [-0.39, 0.29) is 18.1 Å². The van der Waals surface area contributed by atoms with E-state index < -0.39 is 11.2 Å². The highest BCUT2D eigenvalue weighted by molar-refractivity contribution is 9.10. The van der Waals surface area contributed by atoms with Gasteiger partial charge in [0.2, 0.25) is 5.82 Å². The van der Waals surface area contributed by atoms with Crippen molar-refractivity contribution in [2.75, 3.05) is 20.8 Å². The summed E-state index contributed by atoms with van der Waals surface area (Å²) < 4.78 is 24.6. The van der Waals surface area contributed by atoms with Gasteiger partial charge in [-0.3, -0.25) is 0 Å². The number of ether oxygens (including phenoxy) is 2. The number of halogens is 2. The van der Waals surface area contributed by atoms with Crippen LogP contribution < -0.4 is 9.47 Å². The summed E-state index contributed by atoms with van der Waals surface area (Å²) in [6.07, 6.45) is 0. The fourth-order valence-electron chi connectivity index (χ4n) is 1.56. The molecule has 0 aliphatic heterocycles. The molecule has 0 heterocycles. The standard InChI is InChI=1S/C12H16BrFO3/c1-12(2,6-15)7-5-8(13)11(17-4)9(14)10(7)16-3/h5,15H,6H2,1-4H3. The van der Waals surface area contributed by atoms with Crippen LogP contribution in [-0.2, 0) is 5.41 Å². The average Bonchev–Trinajstić information content (AvgIpc) is 2.29. The van der Waals surface area contributed by atoms with E-state index in [4.69, 9.17) is 9.47 Å². The predicted octanol–water partition coefficient (Wildman–Crippen LogP) is 2.88. The molecule has 1 aromatic carbocycles. The van der Waals surface area contributed by atoms with Crippen molar-refractivity contribution < 1.29 is 19.0 Å². The molecular weight excluding hydrogens is 291 g/mol. The van der Waals surface area contributed by atoms with Gasteiger partial charge in [0.1, 0.15) is 0 Å². The van der Waals surface area contributed by atoms with E-state index in [1.165, 1.54) is 14.2 Å². The molecule has 0 radical (unpaired) electrons. The third-order valence-electron chi connectivity index (χ3n) is 2.66. The Morgan fingerprint density at radius 3 is 2.24 bits per heavy atom. The van der Waals surface area contributed by atoms with Gasteiger partial charge in [0.15, 0.2) is 11.5 Å². The maximum absolute atomic E-state index is 14.1. The van der Waals surface area contributed by atoms with Crippen molar-refractivity contribution in [2.45, 2.75) is 19.3 Å². The summed E-state index contributed by atoms with van der Waals surface area (Å²) in [5, 5.41) is 9.35. The van der Waals surface area contributed by atoms with Gasteiger partial charge < -0.3 is 14.6 Å². The molecule has 0 spiro atoms. The van der Waals surface area contributed by atoms with Crippen LogP contribution in [0.15, 0.2) is 10.5 Å². The number of hydrogen-bond acceptors (Lipinski definition) is 3. The highest BCUT2D eigenvalue weighted by Crippen LogP contribution is 2.41. The minimum Gasteiger partial charge on any atom is -0.493 e. The second-order valence-electron chi connectivity index (χ2n) is 4.33. The summed E-state index contributed by atoms with van der Waals surface area (Å²) in [5.74, 6) is -0.371. The van der Waals surface area contributed by atoms with E-state index in [2.05, 4.69) is 15.9 Å². The normalized spacial score (nSPS) is 11.5. The lowest BCUT2D eigenvalue weighted by Crippen LogP contribution is -2.23. The van der Waals surface area contributed by atoms with Crippen LogP contribution in [-0.4, -0.2) is 25.9 Å². The molecule has 0 aromatic heterocycles. The lowest BCUT2D eigenvalue weighted by Gasteiger charge is -2.26. The summed E-state index contributed by atoms with van der Waals surface area (Å²) in [6.45, 7) is 3.51. The predicted molar refractivity (Wildman–Crippen MR) is 67.3 cm³/mol. The summed E-state index contributed by atoms with van der Waals surface area (Å²) in [5.41, 5.74) is -0.00582. The molecule has 1 rings (SSSR count). The van der Waals surface area contributed by atoms with E-state index in [1.54, 1.807) is 6.07 Å². The van der Waals surface area contributed by atoms with E-state index >= 15 is 0 Å². The molecule has 96 valence electrons. The number of benzene rings is 1. The van der Waals surface area contributed by atoms with E-state index in [1.807, 2.05) is 13.8 Å². The maximum Gasteiger partial charge on any atom is 0.208 e. The van der Waals surface area contributed by atoms with Crippen LogP contribution in [0.25, 0.3) is 0 Å². The van der Waals surface area contributed by atoms with Gasteiger partial charge in [-0.2, -0.15) is 4.39 Å². The number of hydrogen-bond donors (Lipinski definition) is 1. The van der Waals surface area contributed by atoms with Crippen molar-refractivity contribution in [1.82, 2.24) is 0 Å². The van der Waals surface area contributed by atoms with Crippen molar-refractivity contribution in [3.63, 3.8) is 0 Å². The van der Waals surface area contributed by atoms with Crippen LogP contribution in [0.1, 0.15) is 19.4 Å². The summed E-state index contributed by atoms with van der Waals surface area (Å²) in [7, 11) is 2.78. The molecule has 1 N–H and O–H groups in total. The number of rotatable bonds is 4. The zero-order valence-corrected chi connectivity index (χ0v) is 11.9. The molecule has 0 bridgehead atoms. The van der Waals surface area contributed by atoms with Gasteiger partial charge in [0.05, 0.1) is 25.3 Å². The molecule has 0 fully saturated rings. The lowest BCUT2D eigenvalue weighted by molar-refractivity contribution is 0.213. The van der Waals surface area contributed by atoms with Crippen LogP contribution >= 0.6 is 15.9 Å². The number of methoxy groups -OCH3 is 2. The Balaban J connectivity index is 3.52. The fraction of sp³-hybridized carbons (Fsp3) is 0.500.